The van der Waals surface area contributed by atoms with Crippen LogP contribution in [0.1, 0.15) is 31.7 Å². The van der Waals surface area contributed by atoms with Crippen LogP contribution < -0.4 is 16.1 Å². The van der Waals surface area contributed by atoms with Crippen molar-refractivity contribution >= 4 is 12.2 Å². The van der Waals surface area contributed by atoms with Crippen molar-refractivity contribution in [3.63, 3.8) is 0 Å². The van der Waals surface area contributed by atoms with Gasteiger partial charge in [-0.15, -0.1) is 0 Å². The summed E-state index contributed by atoms with van der Waals surface area (Å²) in [4.78, 5) is 0. The predicted octanol–water partition coefficient (Wildman–Crippen LogP) is 5.03. The number of hydrogen-bond acceptors (Lipinski definition) is 3. The number of nitrogens with two attached hydrogens (primary N) is 1. The summed E-state index contributed by atoms with van der Waals surface area (Å²) >= 11 is 0. The number of hydrogen-bond donors (Lipinski definition) is 2. The number of nitrogens with zero attached hydrogens (tertiary/aromatic N) is 2. The van der Waals surface area contributed by atoms with E-state index in [1.54, 1.807) is 24.3 Å². The Labute approximate surface area is 183 Å². The number of benzene rings is 1. The van der Waals surface area contributed by atoms with Crippen molar-refractivity contribution in [1.29, 1.82) is 5.41 Å². The molecule has 0 fully saturated rings. The number of aromatic nitrogens is 2. The second-order valence-electron chi connectivity index (χ2n) is 6.86. The first-order chi connectivity index (χ1) is 15.0. The Balaban J connectivity index is 2.28. The number of nitrogens with one attached hydrogen (secondary N) is 1. The predicted molar refractivity (Wildman–Crippen MR) is 126 cm³/mol. The molecule has 0 amide bonds. The zero-order chi connectivity index (χ0) is 22.8. The van der Waals surface area contributed by atoms with Gasteiger partial charge in [-0.2, -0.15) is 0 Å². The average molecular weight is 423 g/mol. The van der Waals surface area contributed by atoms with Crippen LogP contribution in [0, 0.1) is 11.2 Å². The first-order valence-corrected chi connectivity index (χ1v) is 10.2. The van der Waals surface area contributed by atoms with E-state index < -0.39 is 0 Å². The number of halogens is 1. The van der Waals surface area contributed by atoms with Gasteiger partial charge in [0, 0.05) is 12.2 Å². The number of imidazole rings is 1. The average Bonchev–Trinajstić information content (AvgIpc) is 3.02. The Hall–Kier alpha value is -3.54. The lowest BCUT2D eigenvalue weighted by Gasteiger charge is -2.11. The highest BCUT2D eigenvalue weighted by molar-refractivity contribution is 5.59. The summed E-state index contributed by atoms with van der Waals surface area (Å²) in [6.45, 7) is 13.0. The van der Waals surface area contributed by atoms with Crippen LogP contribution in [0.4, 0.5) is 4.39 Å². The molecule has 0 radical (unpaired) electrons. The Kier molecular flexibility index (Phi) is 8.88. The van der Waals surface area contributed by atoms with Gasteiger partial charge < -0.3 is 19.6 Å². The van der Waals surface area contributed by atoms with Crippen LogP contribution in [-0.2, 0) is 13.1 Å². The van der Waals surface area contributed by atoms with Crippen LogP contribution in [-0.4, -0.2) is 15.7 Å². The molecule has 5 nitrogen and oxygen atoms in total. The normalized spacial score (nSPS) is 12.4. The van der Waals surface area contributed by atoms with Crippen LogP contribution in [0.2, 0.25) is 0 Å². The smallest absolute Gasteiger partial charge is 0.203 e. The maximum atomic E-state index is 13.0. The van der Waals surface area contributed by atoms with Gasteiger partial charge in [0.1, 0.15) is 11.6 Å². The second-order valence-corrected chi connectivity index (χ2v) is 6.86. The number of rotatable bonds is 11. The molecular weight excluding hydrogens is 391 g/mol. The molecule has 2 rings (SSSR count). The molecule has 6 heteroatoms. The highest BCUT2D eigenvalue weighted by atomic mass is 19.1. The molecule has 0 saturated carbocycles. The van der Waals surface area contributed by atoms with E-state index >= 15 is 0 Å². The van der Waals surface area contributed by atoms with Gasteiger partial charge in [0.05, 0.1) is 24.5 Å². The van der Waals surface area contributed by atoms with Crippen LogP contribution in [0.15, 0.2) is 73.0 Å². The molecule has 0 aliphatic rings. The zero-order valence-corrected chi connectivity index (χ0v) is 18.3. The van der Waals surface area contributed by atoms with Crippen molar-refractivity contribution in [1.82, 2.24) is 9.13 Å². The fourth-order valence-corrected chi connectivity index (χ4v) is 3.27. The molecule has 164 valence electrons. The molecule has 3 N–H and O–H groups in total. The standard InChI is InChI=1S/C25H31FN4O/c1-5-10-19(22(27)7-3)18-30-24(11-6-2)23(8-4)29(25(30)28)16-9-17-31-21-14-12-20(26)13-15-21/h5-8,10-15,28H,1,4,9,16-18,27H2,2-3H3/b11-6-,19-10-,22-7+,28-25?. The Morgan fingerprint density at radius 2 is 1.87 bits per heavy atom. The van der Waals surface area contributed by atoms with E-state index in [0.29, 0.717) is 43.2 Å². The minimum atomic E-state index is -0.293. The highest BCUT2D eigenvalue weighted by Gasteiger charge is 2.15. The number of allylic oxidation sites excluding steroid dienone is 5. The highest BCUT2D eigenvalue weighted by Crippen LogP contribution is 2.17. The van der Waals surface area contributed by atoms with Crippen molar-refractivity contribution < 1.29 is 9.13 Å². The maximum Gasteiger partial charge on any atom is 0.203 e. The van der Waals surface area contributed by atoms with Gasteiger partial charge in [-0.25, -0.2) is 4.39 Å². The van der Waals surface area contributed by atoms with Crippen molar-refractivity contribution in [3.05, 3.63) is 95.8 Å². The Morgan fingerprint density at radius 1 is 1.16 bits per heavy atom. The van der Waals surface area contributed by atoms with Crippen molar-refractivity contribution in [2.45, 2.75) is 33.4 Å². The van der Waals surface area contributed by atoms with Crippen molar-refractivity contribution in [3.8, 4) is 5.75 Å². The maximum absolute atomic E-state index is 13.0. The van der Waals surface area contributed by atoms with E-state index in [4.69, 9.17) is 15.9 Å². The lowest BCUT2D eigenvalue weighted by atomic mass is 10.1. The van der Waals surface area contributed by atoms with E-state index in [0.717, 1.165) is 17.0 Å². The molecule has 31 heavy (non-hydrogen) atoms. The summed E-state index contributed by atoms with van der Waals surface area (Å²) in [5.41, 5.74) is 9.79. The minimum Gasteiger partial charge on any atom is -0.494 e. The lowest BCUT2D eigenvalue weighted by Crippen LogP contribution is -2.27. The Bertz CT molecular complexity index is 1050. The van der Waals surface area contributed by atoms with E-state index in [9.17, 15) is 4.39 Å². The van der Waals surface area contributed by atoms with E-state index in [2.05, 4.69) is 13.2 Å². The molecular formula is C25H31FN4O. The third kappa shape index (κ3) is 5.98. The van der Waals surface area contributed by atoms with E-state index in [1.807, 2.05) is 47.3 Å². The third-order valence-electron chi connectivity index (χ3n) is 4.81. The fraction of sp³-hybridized carbons (Fsp3) is 0.240. The largest absolute Gasteiger partial charge is 0.494 e. The summed E-state index contributed by atoms with van der Waals surface area (Å²) < 4.78 is 22.5. The van der Waals surface area contributed by atoms with Crippen molar-refractivity contribution in [2.24, 2.45) is 5.73 Å². The summed E-state index contributed by atoms with van der Waals surface area (Å²) in [6.07, 6.45) is 11.8. The summed E-state index contributed by atoms with van der Waals surface area (Å²) in [5, 5.41) is 8.79. The van der Waals surface area contributed by atoms with Crippen LogP contribution in [0.25, 0.3) is 12.2 Å². The fourth-order valence-electron chi connectivity index (χ4n) is 3.27. The monoisotopic (exact) mass is 422 g/mol. The molecule has 0 spiro atoms. The van der Waals surface area contributed by atoms with Crippen LogP contribution in [0.5, 0.6) is 5.75 Å². The van der Waals surface area contributed by atoms with Gasteiger partial charge in [-0.1, -0.05) is 37.5 Å². The minimum absolute atomic E-state index is 0.293. The van der Waals surface area contributed by atoms with Gasteiger partial charge in [-0.05, 0) is 62.3 Å². The van der Waals surface area contributed by atoms with Gasteiger partial charge in [-0.3, -0.25) is 5.41 Å². The molecule has 0 atom stereocenters. The molecule has 1 aromatic heterocycles. The third-order valence-corrected chi connectivity index (χ3v) is 4.81. The van der Waals surface area contributed by atoms with Gasteiger partial charge in [0.2, 0.25) is 5.62 Å². The first-order valence-electron chi connectivity index (χ1n) is 10.2. The van der Waals surface area contributed by atoms with Gasteiger partial charge >= 0.3 is 0 Å². The lowest BCUT2D eigenvalue weighted by molar-refractivity contribution is 0.299. The van der Waals surface area contributed by atoms with E-state index in [-0.39, 0.29) is 5.82 Å². The van der Waals surface area contributed by atoms with Gasteiger partial charge in [0.15, 0.2) is 0 Å². The molecule has 1 aromatic carbocycles. The molecule has 0 aliphatic heterocycles. The molecule has 0 unspecified atom stereocenters. The van der Waals surface area contributed by atoms with Crippen LogP contribution >= 0.6 is 0 Å². The molecule has 1 heterocycles. The molecule has 0 saturated heterocycles. The van der Waals surface area contributed by atoms with Crippen molar-refractivity contribution in [2.75, 3.05) is 6.61 Å². The quantitative estimate of drug-likeness (QED) is 0.394. The number of ether oxygens (including phenoxy) is 1. The Morgan fingerprint density at radius 3 is 2.45 bits per heavy atom. The summed E-state index contributed by atoms with van der Waals surface area (Å²) in [6, 6.07) is 5.95. The molecule has 0 bridgehead atoms. The first kappa shape index (κ1) is 23.7. The molecule has 2 aromatic rings. The van der Waals surface area contributed by atoms with Gasteiger partial charge in [0.25, 0.3) is 0 Å². The van der Waals surface area contributed by atoms with E-state index in [1.165, 1.54) is 12.1 Å². The van der Waals surface area contributed by atoms with Crippen LogP contribution in [0.3, 0.4) is 0 Å². The second kappa shape index (κ2) is 11.6. The molecule has 0 aliphatic carbocycles. The summed E-state index contributed by atoms with van der Waals surface area (Å²) in [5.74, 6) is 0.327. The summed E-state index contributed by atoms with van der Waals surface area (Å²) in [7, 11) is 0. The topological polar surface area (TPSA) is 69.0 Å². The zero-order valence-electron chi connectivity index (χ0n) is 18.3. The SMILES string of the molecule is C=C/C=C(Cn1c(/C=C\C)c(C=C)n(CCCOc2ccc(F)cc2)c1=N)\C(N)=C/C.